The van der Waals surface area contributed by atoms with Crippen LogP contribution in [0.5, 0.6) is 0 Å². The van der Waals surface area contributed by atoms with Crippen LogP contribution < -0.4 is 0 Å². The molecule has 0 aliphatic heterocycles. The molecule has 4 rings (SSSR count). The molecule has 4 aliphatic rings. The molecule has 7 unspecified atom stereocenters. The van der Waals surface area contributed by atoms with Gasteiger partial charge in [0.2, 0.25) is 0 Å². The molecule has 0 aromatic carbocycles. The average molecular weight is 350 g/mol. The van der Waals surface area contributed by atoms with Crippen molar-refractivity contribution in [1.82, 2.24) is 0 Å². The molecule has 0 saturated heterocycles. The van der Waals surface area contributed by atoms with Crippen molar-refractivity contribution in [3.05, 3.63) is 23.3 Å². The summed E-state index contributed by atoms with van der Waals surface area (Å²) < 4.78 is 0. The number of hydrogen-bond donors (Lipinski definition) is 4. The number of aliphatic carboxylic acids is 4. The third kappa shape index (κ3) is 2.35. The average Bonchev–Trinajstić information content (AvgIpc) is 2.53. The topological polar surface area (TPSA) is 149 Å². The van der Waals surface area contributed by atoms with Gasteiger partial charge in [-0.15, -0.1) is 0 Å². The summed E-state index contributed by atoms with van der Waals surface area (Å²) in [5.41, 5.74) is 1.26. The molecule has 4 N–H and O–H groups in total. The maximum Gasteiger partial charge on any atom is 0.308 e. The van der Waals surface area contributed by atoms with Gasteiger partial charge < -0.3 is 20.4 Å². The van der Waals surface area contributed by atoms with Crippen molar-refractivity contribution >= 4 is 23.9 Å². The molecule has 0 spiro atoms. The van der Waals surface area contributed by atoms with E-state index in [-0.39, 0.29) is 6.42 Å². The molecule has 8 heteroatoms. The van der Waals surface area contributed by atoms with Gasteiger partial charge >= 0.3 is 23.9 Å². The lowest BCUT2D eigenvalue weighted by molar-refractivity contribution is -0.166. The highest BCUT2D eigenvalue weighted by Crippen LogP contribution is 2.58. The minimum absolute atomic E-state index is 0.0271. The second-order valence-electron chi connectivity index (χ2n) is 6.99. The highest BCUT2D eigenvalue weighted by Gasteiger charge is 2.60. The van der Waals surface area contributed by atoms with E-state index in [0.29, 0.717) is 11.1 Å². The first-order valence-corrected chi connectivity index (χ1v) is 7.95. The Kier molecular flexibility index (Phi) is 3.93. The summed E-state index contributed by atoms with van der Waals surface area (Å²) in [6.07, 6.45) is 3.22. The first-order chi connectivity index (χ1) is 11.7. The highest BCUT2D eigenvalue weighted by molar-refractivity contribution is 5.85. The SMILES string of the molecule is CC1=C2C3C=CC(C(C(=O)O)C3C(=O)O)C2C(C(=O)O)C(C(=O)O)C1. The van der Waals surface area contributed by atoms with Crippen molar-refractivity contribution in [3.8, 4) is 0 Å². The van der Waals surface area contributed by atoms with Gasteiger partial charge in [0.05, 0.1) is 23.7 Å². The van der Waals surface area contributed by atoms with Crippen LogP contribution in [0, 0.1) is 41.4 Å². The molecule has 1 saturated carbocycles. The van der Waals surface area contributed by atoms with Gasteiger partial charge in [0.15, 0.2) is 0 Å². The normalized spacial score (nSPS) is 39.0. The summed E-state index contributed by atoms with van der Waals surface area (Å²) >= 11 is 0. The van der Waals surface area contributed by atoms with Gasteiger partial charge in [-0.1, -0.05) is 23.3 Å². The van der Waals surface area contributed by atoms with Crippen LogP contribution in [-0.2, 0) is 19.2 Å². The first-order valence-electron chi connectivity index (χ1n) is 7.95. The molecule has 25 heavy (non-hydrogen) atoms. The Morgan fingerprint density at radius 2 is 1.40 bits per heavy atom. The molecule has 4 aliphatic carbocycles. The Hall–Kier alpha value is -2.64. The molecule has 7 atom stereocenters. The fourth-order valence-corrected chi connectivity index (χ4v) is 5.04. The second kappa shape index (κ2) is 5.72. The quantitative estimate of drug-likeness (QED) is 0.547. The molecule has 0 amide bonds. The van der Waals surface area contributed by atoms with E-state index >= 15 is 0 Å². The molecule has 2 bridgehead atoms. The molecule has 134 valence electrons. The van der Waals surface area contributed by atoms with Crippen molar-refractivity contribution in [2.45, 2.75) is 13.3 Å². The lowest BCUT2D eigenvalue weighted by Crippen LogP contribution is -2.56. The molecular weight excluding hydrogens is 332 g/mol. The summed E-state index contributed by atoms with van der Waals surface area (Å²) in [4.78, 5) is 46.8. The van der Waals surface area contributed by atoms with E-state index in [1.165, 1.54) is 0 Å². The summed E-state index contributed by atoms with van der Waals surface area (Å²) in [5, 5.41) is 38.2. The van der Waals surface area contributed by atoms with Crippen LogP contribution in [0.25, 0.3) is 0 Å². The van der Waals surface area contributed by atoms with E-state index < -0.39 is 65.3 Å². The molecular formula is C17H18O8. The van der Waals surface area contributed by atoms with Crippen LogP contribution in [0.3, 0.4) is 0 Å². The number of carboxylic acid groups (broad SMARTS) is 4. The standard InChI is InChI=1S/C17H18O8/c1-5-4-8(14(18)19)13(17(24)25)10-7-3-2-6(9(5)10)11(15(20)21)12(7)16(22)23/h2-3,6-8,10-13H,4H2,1H3,(H,18,19)(H,20,21)(H,22,23)(H,24,25). The zero-order valence-corrected chi connectivity index (χ0v) is 13.3. The van der Waals surface area contributed by atoms with Gasteiger partial charge in [0.1, 0.15) is 0 Å². The fourth-order valence-electron chi connectivity index (χ4n) is 5.04. The lowest BCUT2D eigenvalue weighted by atomic mass is 9.49. The van der Waals surface area contributed by atoms with Gasteiger partial charge in [-0.25, -0.2) is 0 Å². The number of hydrogen-bond acceptors (Lipinski definition) is 4. The zero-order valence-electron chi connectivity index (χ0n) is 13.3. The Morgan fingerprint density at radius 1 is 0.840 bits per heavy atom. The summed E-state index contributed by atoms with van der Waals surface area (Å²) in [5.74, 6) is -12.3. The maximum absolute atomic E-state index is 11.8. The highest BCUT2D eigenvalue weighted by atomic mass is 16.4. The third-order valence-corrected chi connectivity index (χ3v) is 5.87. The molecule has 0 heterocycles. The second-order valence-corrected chi connectivity index (χ2v) is 6.99. The smallest absolute Gasteiger partial charge is 0.308 e. The van der Waals surface area contributed by atoms with Crippen LogP contribution in [0.1, 0.15) is 13.3 Å². The summed E-state index contributed by atoms with van der Waals surface area (Å²) in [6, 6.07) is 0. The van der Waals surface area contributed by atoms with Crippen LogP contribution in [0.4, 0.5) is 0 Å². The van der Waals surface area contributed by atoms with Crippen molar-refractivity contribution in [2.75, 3.05) is 0 Å². The van der Waals surface area contributed by atoms with Gasteiger partial charge in [-0.05, 0) is 19.3 Å². The zero-order chi connectivity index (χ0) is 18.6. The first kappa shape index (κ1) is 17.2. The van der Waals surface area contributed by atoms with E-state index in [2.05, 4.69) is 0 Å². The van der Waals surface area contributed by atoms with Gasteiger partial charge in [-0.2, -0.15) is 0 Å². The Morgan fingerprint density at radius 3 is 1.88 bits per heavy atom. The maximum atomic E-state index is 11.8. The van der Waals surface area contributed by atoms with Gasteiger partial charge in [-0.3, -0.25) is 19.2 Å². The number of rotatable bonds is 4. The van der Waals surface area contributed by atoms with Crippen LogP contribution in [0.15, 0.2) is 23.3 Å². The van der Waals surface area contributed by atoms with Gasteiger partial charge in [0.25, 0.3) is 0 Å². The van der Waals surface area contributed by atoms with E-state index in [1.54, 1.807) is 19.1 Å². The molecule has 0 aromatic rings. The summed E-state index contributed by atoms with van der Waals surface area (Å²) in [6.45, 7) is 1.68. The van der Waals surface area contributed by atoms with E-state index in [9.17, 15) is 39.6 Å². The molecule has 1 fully saturated rings. The minimum atomic E-state index is -1.30. The molecule has 8 nitrogen and oxygen atoms in total. The van der Waals surface area contributed by atoms with Crippen molar-refractivity contribution in [1.29, 1.82) is 0 Å². The molecule has 0 radical (unpaired) electrons. The van der Waals surface area contributed by atoms with Crippen LogP contribution in [0.2, 0.25) is 0 Å². The minimum Gasteiger partial charge on any atom is -0.481 e. The van der Waals surface area contributed by atoms with Crippen molar-refractivity contribution in [3.63, 3.8) is 0 Å². The number of carboxylic acids is 4. The summed E-state index contributed by atoms with van der Waals surface area (Å²) in [7, 11) is 0. The van der Waals surface area contributed by atoms with Crippen molar-refractivity contribution in [2.24, 2.45) is 41.4 Å². The van der Waals surface area contributed by atoms with E-state index in [4.69, 9.17) is 0 Å². The monoisotopic (exact) mass is 350 g/mol. The number of fused-ring (bicyclic) bond motifs is 1. The Labute approximate surface area is 142 Å². The van der Waals surface area contributed by atoms with Crippen molar-refractivity contribution < 1.29 is 39.6 Å². The Bertz CT molecular complexity index is 733. The van der Waals surface area contributed by atoms with E-state index in [0.717, 1.165) is 0 Å². The predicted octanol–water partition coefficient (Wildman–Crippen LogP) is 0.942. The Balaban J connectivity index is 2.20. The number of carbonyl (C=O) groups is 4. The lowest BCUT2D eigenvalue weighted by Gasteiger charge is -2.52. The van der Waals surface area contributed by atoms with Crippen LogP contribution in [-0.4, -0.2) is 44.3 Å². The van der Waals surface area contributed by atoms with Gasteiger partial charge in [0, 0.05) is 11.8 Å². The fraction of sp³-hybridized carbons (Fsp3) is 0.529. The largest absolute Gasteiger partial charge is 0.481 e. The predicted molar refractivity (Wildman–Crippen MR) is 81.4 cm³/mol. The molecule has 0 aromatic heterocycles. The van der Waals surface area contributed by atoms with E-state index in [1.807, 2.05) is 0 Å². The third-order valence-electron chi connectivity index (χ3n) is 5.87. The number of allylic oxidation sites excluding steroid dienone is 4. The van der Waals surface area contributed by atoms with Crippen LogP contribution >= 0.6 is 0 Å².